The van der Waals surface area contributed by atoms with E-state index in [1.165, 1.54) is 0 Å². The molecule has 0 radical (unpaired) electrons. The first-order valence-corrected chi connectivity index (χ1v) is 3.13. The summed E-state index contributed by atoms with van der Waals surface area (Å²) in [6.07, 6.45) is 2.54. The summed E-state index contributed by atoms with van der Waals surface area (Å²) in [4.78, 5) is 9.92. The van der Waals surface area contributed by atoms with Gasteiger partial charge in [-0.3, -0.25) is 0 Å². The summed E-state index contributed by atoms with van der Waals surface area (Å²) in [7, 11) is 0. The Morgan fingerprint density at radius 2 is 2.33 bits per heavy atom. The molecular formula is C6H9ClO2. The predicted octanol–water partition coefficient (Wildman–Crippen LogP) is 1.99. The molecule has 2 nitrogen and oxygen atoms in total. The Morgan fingerprint density at radius 1 is 1.78 bits per heavy atom. The molecule has 0 amide bonds. The van der Waals surface area contributed by atoms with Crippen molar-refractivity contribution in [3.63, 3.8) is 0 Å². The van der Waals surface area contributed by atoms with Gasteiger partial charge in [0.15, 0.2) is 0 Å². The van der Waals surface area contributed by atoms with E-state index in [0.717, 1.165) is 12.5 Å². The van der Waals surface area contributed by atoms with Gasteiger partial charge in [0.2, 0.25) is 0 Å². The summed E-state index contributed by atoms with van der Waals surface area (Å²) in [5.74, 6) is -0.978. The van der Waals surface area contributed by atoms with Crippen LogP contribution in [-0.4, -0.2) is 11.1 Å². The Morgan fingerprint density at radius 3 is 2.67 bits per heavy atom. The first kappa shape index (κ1) is 8.50. The fourth-order valence-electron chi connectivity index (χ4n) is 0.445. The molecular weight excluding hydrogens is 140 g/mol. The Kier molecular flexibility index (Phi) is 4.14. The molecule has 0 heterocycles. The molecule has 0 spiro atoms. The second-order valence-corrected chi connectivity index (χ2v) is 2.16. The van der Waals surface area contributed by atoms with Gasteiger partial charge in [-0.2, -0.15) is 0 Å². The van der Waals surface area contributed by atoms with Gasteiger partial charge in [0.05, 0.1) is 0 Å². The Hall–Kier alpha value is -0.500. The summed E-state index contributed by atoms with van der Waals surface area (Å²) in [5, 5.41) is 8.56. The largest absolute Gasteiger partial charge is 0.478 e. The number of hydrogen-bond donors (Lipinski definition) is 1. The maximum atomic E-state index is 9.92. The maximum Gasteiger partial charge on any atom is 0.329 e. The van der Waals surface area contributed by atoms with E-state index < -0.39 is 5.97 Å². The van der Waals surface area contributed by atoms with E-state index in [1.54, 1.807) is 0 Å². The Bertz CT molecular complexity index is 129. The molecule has 0 aliphatic rings. The third-order valence-electron chi connectivity index (χ3n) is 0.769. The standard InChI is InChI=1S/C6H9ClO2/c1-2-3-5(7)4-6(8)9/h4H,2-3H2,1H3,(H,8,9)/b5-4+. The van der Waals surface area contributed by atoms with Crippen LogP contribution in [0.15, 0.2) is 11.1 Å². The normalized spacial score (nSPS) is 11.6. The van der Waals surface area contributed by atoms with Crippen LogP contribution in [0.4, 0.5) is 0 Å². The topological polar surface area (TPSA) is 37.3 Å². The number of halogens is 1. The quantitative estimate of drug-likeness (QED) is 0.622. The number of rotatable bonds is 3. The van der Waals surface area contributed by atoms with Crippen LogP contribution in [-0.2, 0) is 4.79 Å². The molecule has 9 heavy (non-hydrogen) atoms. The predicted molar refractivity (Wildman–Crippen MR) is 36.5 cm³/mol. The molecule has 0 aromatic rings. The summed E-state index contributed by atoms with van der Waals surface area (Å²) in [6, 6.07) is 0. The van der Waals surface area contributed by atoms with Crippen molar-refractivity contribution < 1.29 is 9.90 Å². The van der Waals surface area contributed by atoms with Crippen LogP contribution < -0.4 is 0 Å². The Balaban J connectivity index is 3.69. The third-order valence-corrected chi connectivity index (χ3v) is 1.07. The first-order valence-electron chi connectivity index (χ1n) is 2.75. The van der Waals surface area contributed by atoms with Crippen LogP contribution >= 0.6 is 11.6 Å². The summed E-state index contributed by atoms with van der Waals surface area (Å²) in [6.45, 7) is 1.94. The van der Waals surface area contributed by atoms with Crippen LogP contribution in [0.2, 0.25) is 0 Å². The zero-order chi connectivity index (χ0) is 7.28. The molecule has 1 N–H and O–H groups in total. The van der Waals surface area contributed by atoms with Gasteiger partial charge in [0, 0.05) is 11.1 Å². The molecule has 0 atom stereocenters. The van der Waals surface area contributed by atoms with Crippen LogP contribution in [0, 0.1) is 0 Å². The van der Waals surface area contributed by atoms with E-state index in [2.05, 4.69) is 0 Å². The zero-order valence-electron chi connectivity index (χ0n) is 5.22. The molecule has 0 aliphatic heterocycles. The highest BCUT2D eigenvalue weighted by atomic mass is 35.5. The molecule has 0 aliphatic carbocycles. The summed E-state index contributed by atoms with van der Waals surface area (Å²) >= 11 is 5.46. The number of carboxylic acid groups (broad SMARTS) is 1. The molecule has 0 aromatic carbocycles. The van der Waals surface area contributed by atoms with Crippen molar-refractivity contribution in [1.82, 2.24) is 0 Å². The smallest absolute Gasteiger partial charge is 0.329 e. The van der Waals surface area contributed by atoms with Crippen LogP contribution in [0.5, 0.6) is 0 Å². The highest BCUT2D eigenvalue weighted by Gasteiger charge is 1.93. The highest BCUT2D eigenvalue weighted by Crippen LogP contribution is 2.08. The first-order chi connectivity index (χ1) is 4.16. The third kappa shape index (κ3) is 5.37. The molecule has 0 saturated carbocycles. The molecule has 0 aromatic heterocycles. The van der Waals surface area contributed by atoms with Crippen molar-refractivity contribution in [2.75, 3.05) is 0 Å². The SMILES string of the molecule is CCC/C(Cl)=C\C(=O)O. The second kappa shape index (κ2) is 4.39. The fourth-order valence-corrected chi connectivity index (χ4v) is 0.727. The minimum Gasteiger partial charge on any atom is -0.478 e. The number of carbonyl (C=O) groups is 1. The minimum atomic E-state index is -0.978. The van der Waals surface area contributed by atoms with Gasteiger partial charge in [-0.15, -0.1) is 0 Å². The van der Waals surface area contributed by atoms with Crippen molar-refractivity contribution >= 4 is 17.6 Å². The number of allylic oxidation sites excluding steroid dienone is 1. The fraction of sp³-hybridized carbons (Fsp3) is 0.500. The average Bonchev–Trinajstić information content (AvgIpc) is 1.63. The van der Waals surface area contributed by atoms with Crippen molar-refractivity contribution in [2.45, 2.75) is 19.8 Å². The Labute approximate surface area is 59.1 Å². The molecule has 0 fully saturated rings. The van der Waals surface area contributed by atoms with Crippen LogP contribution in [0.3, 0.4) is 0 Å². The summed E-state index contributed by atoms with van der Waals surface area (Å²) in [5.41, 5.74) is 0. The monoisotopic (exact) mass is 148 g/mol. The van der Waals surface area contributed by atoms with Gasteiger partial charge in [-0.25, -0.2) is 4.79 Å². The second-order valence-electron chi connectivity index (χ2n) is 1.68. The van der Waals surface area contributed by atoms with Crippen molar-refractivity contribution in [3.05, 3.63) is 11.1 Å². The van der Waals surface area contributed by atoms with E-state index >= 15 is 0 Å². The number of carboxylic acids is 1. The van der Waals surface area contributed by atoms with Crippen molar-refractivity contribution in [3.8, 4) is 0 Å². The molecule has 3 heteroatoms. The van der Waals surface area contributed by atoms with E-state index in [4.69, 9.17) is 16.7 Å². The molecule has 52 valence electrons. The molecule has 0 saturated heterocycles. The van der Waals surface area contributed by atoms with Gasteiger partial charge in [0.1, 0.15) is 0 Å². The molecule has 0 bridgehead atoms. The molecule has 0 unspecified atom stereocenters. The lowest BCUT2D eigenvalue weighted by Gasteiger charge is -1.89. The van der Waals surface area contributed by atoms with E-state index in [0.29, 0.717) is 11.5 Å². The maximum absolute atomic E-state index is 9.92. The van der Waals surface area contributed by atoms with Gasteiger partial charge >= 0.3 is 5.97 Å². The summed E-state index contributed by atoms with van der Waals surface area (Å²) < 4.78 is 0. The lowest BCUT2D eigenvalue weighted by atomic mass is 10.3. The lowest BCUT2D eigenvalue weighted by molar-refractivity contribution is -0.131. The zero-order valence-corrected chi connectivity index (χ0v) is 5.98. The van der Waals surface area contributed by atoms with Gasteiger partial charge in [-0.05, 0) is 6.42 Å². The van der Waals surface area contributed by atoms with Crippen molar-refractivity contribution in [2.24, 2.45) is 0 Å². The minimum absolute atomic E-state index is 0.407. The van der Waals surface area contributed by atoms with Gasteiger partial charge in [-0.1, -0.05) is 24.9 Å². The van der Waals surface area contributed by atoms with Crippen LogP contribution in [0.25, 0.3) is 0 Å². The van der Waals surface area contributed by atoms with E-state index in [1.807, 2.05) is 6.92 Å². The average molecular weight is 149 g/mol. The molecule has 0 rings (SSSR count). The highest BCUT2D eigenvalue weighted by molar-refractivity contribution is 6.30. The van der Waals surface area contributed by atoms with Crippen molar-refractivity contribution in [1.29, 1.82) is 0 Å². The lowest BCUT2D eigenvalue weighted by Crippen LogP contribution is -1.87. The van der Waals surface area contributed by atoms with E-state index in [9.17, 15) is 4.79 Å². The van der Waals surface area contributed by atoms with E-state index in [-0.39, 0.29) is 0 Å². The van der Waals surface area contributed by atoms with Crippen LogP contribution in [0.1, 0.15) is 19.8 Å². The number of hydrogen-bond acceptors (Lipinski definition) is 1. The van der Waals surface area contributed by atoms with Gasteiger partial charge < -0.3 is 5.11 Å². The number of aliphatic carboxylic acids is 1. The van der Waals surface area contributed by atoms with Gasteiger partial charge in [0.25, 0.3) is 0 Å².